The van der Waals surface area contributed by atoms with Gasteiger partial charge in [-0.25, -0.2) is 0 Å². The van der Waals surface area contributed by atoms with E-state index in [4.69, 9.17) is 5.73 Å². The van der Waals surface area contributed by atoms with Crippen molar-refractivity contribution in [2.45, 2.75) is 25.9 Å². The first kappa shape index (κ1) is 13.5. The first-order valence-corrected chi connectivity index (χ1v) is 5.03. The predicted octanol–water partition coefficient (Wildman–Crippen LogP) is -2.38. The molecule has 2 atom stereocenters. The number of nitrogens with two attached hydrogens (primary N) is 1. The smallest absolute Gasteiger partial charge is 0.423 e. The van der Waals surface area contributed by atoms with E-state index in [1.807, 2.05) is 19.9 Å². The molecule has 2 aliphatic heterocycles. The second-order valence-electron chi connectivity index (χ2n) is 4.26. The summed E-state index contributed by atoms with van der Waals surface area (Å²) in [6.45, 7) is 4.46. The maximum atomic E-state index is 11.5. The minimum atomic E-state index is -0.597. The van der Waals surface area contributed by atoms with Gasteiger partial charge in [0.1, 0.15) is 0 Å². The van der Waals surface area contributed by atoms with Gasteiger partial charge >= 0.3 is 29.6 Å². The number of amides is 3. The fourth-order valence-electron chi connectivity index (χ4n) is 2.16. The van der Waals surface area contributed by atoms with Gasteiger partial charge in [0.15, 0.2) is 6.03 Å². The Morgan fingerprint density at radius 3 is 2.75 bits per heavy atom. The summed E-state index contributed by atoms with van der Waals surface area (Å²) in [6, 6.07) is -1.01. The molecule has 2 aliphatic rings. The predicted molar refractivity (Wildman–Crippen MR) is 55.2 cm³/mol. The monoisotopic (exact) mass is 231 g/mol. The molecule has 0 aromatic heterocycles. The molecule has 3 amide bonds. The first-order valence-electron chi connectivity index (χ1n) is 5.03. The van der Waals surface area contributed by atoms with E-state index >= 15 is 0 Å². The van der Waals surface area contributed by atoms with Crippen LogP contribution in [-0.4, -0.2) is 35.5 Å². The number of fused-ring (bicyclic) bond motifs is 2. The molecule has 2 rings (SSSR count). The Bertz CT molecular complexity index is 354. The average Bonchev–Trinajstić information content (AvgIpc) is 2.41. The fourth-order valence-corrected chi connectivity index (χ4v) is 2.16. The molecule has 1 fully saturated rings. The molecule has 1 saturated heterocycles. The topological polar surface area (TPSA) is 77.5 Å². The molecule has 6 heteroatoms. The summed E-state index contributed by atoms with van der Waals surface area (Å²) >= 11 is 0. The van der Waals surface area contributed by atoms with Crippen LogP contribution in [0.4, 0.5) is 4.79 Å². The van der Waals surface area contributed by atoms with Crippen LogP contribution in [0.1, 0.15) is 13.8 Å². The minimum absolute atomic E-state index is 0. The molecule has 2 heterocycles. The molecule has 0 spiro atoms. The summed E-state index contributed by atoms with van der Waals surface area (Å²) in [7, 11) is 0. The number of nitrogens with zero attached hydrogens (tertiary/aromatic N) is 2. The molecule has 16 heavy (non-hydrogen) atoms. The average molecular weight is 231 g/mol. The third kappa shape index (κ3) is 2.12. The van der Waals surface area contributed by atoms with Crippen molar-refractivity contribution < 1.29 is 39.1 Å². The molecule has 5 nitrogen and oxygen atoms in total. The Morgan fingerprint density at radius 2 is 2.25 bits per heavy atom. The zero-order valence-electron chi connectivity index (χ0n) is 9.80. The molecule has 2 N–H and O–H groups in total. The Morgan fingerprint density at radius 1 is 1.62 bits per heavy atom. The number of hydrogen-bond donors (Lipinski definition) is 1. The maximum absolute atomic E-state index is 11.5. The fraction of sp³-hybridized carbons (Fsp3) is 0.600. The standard InChI is InChI=1S/C10H15N3O2.Na/c1-5(2)7-3-6-4-13(10(15)12-6)8(7)9(11)14;/h3,5-6,8H,4H2,1-2H3,(H3,11,12,14,15);/q;+1/p-1/t6-,8+;/m1./s1. The number of hydrogen-bond acceptors (Lipinski definition) is 2. The van der Waals surface area contributed by atoms with E-state index in [2.05, 4.69) is 5.32 Å². The van der Waals surface area contributed by atoms with Crippen LogP contribution in [0.5, 0.6) is 0 Å². The second kappa shape index (κ2) is 4.77. The van der Waals surface area contributed by atoms with E-state index in [0.29, 0.717) is 6.54 Å². The van der Waals surface area contributed by atoms with Gasteiger partial charge in [-0.3, -0.25) is 9.59 Å². The van der Waals surface area contributed by atoms with Gasteiger partial charge in [-0.2, -0.15) is 0 Å². The van der Waals surface area contributed by atoms with Crippen LogP contribution in [0.15, 0.2) is 11.6 Å². The molecule has 0 saturated carbocycles. The molecule has 0 aliphatic carbocycles. The van der Waals surface area contributed by atoms with Gasteiger partial charge in [-0.1, -0.05) is 25.5 Å². The first-order chi connectivity index (χ1) is 7.00. The minimum Gasteiger partial charge on any atom is -0.423 e. The number of primary amides is 1. The molecule has 0 radical (unpaired) electrons. The zero-order valence-corrected chi connectivity index (χ0v) is 11.8. The zero-order chi connectivity index (χ0) is 11.2. The van der Waals surface area contributed by atoms with Gasteiger partial charge in [0.2, 0.25) is 5.91 Å². The summed E-state index contributed by atoms with van der Waals surface area (Å²) in [5, 5.41) is 3.92. The normalized spacial score (nSPS) is 27.3. The van der Waals surface area contributed by atoms with Gasteiger partial charge in [0.25, 0.3) is 0 Å². The van der Waals surface area contributed by atoms with E-state index in [0.717, 1.165) is 5.57 Å². The number of urea groups is 1. The van der Waals surface area contributed by atoms with E-state index in [1.54, 1.807) is 0 Å². The van der Waals surface area contributed by atoms with Crippen molar-refractivity contribution in [3.05, 3.63) is 17.0 Å². The summed E-state index contributed by atoms with van der Waals surface area (Å²) < 4.78 is 0. The van der Waals surface area contributed by atoms with Crippen LogP contribution >= 0.6 is 0 Å². The van der Waals surface area contributed by atoms with Crippen LogP contribution in [0.25, 0.3) is 5.32 Å². The SMILES string of the molecule is CC(C)C1=C[C@@H]2CN(C(=O)[N-]2)[C@@H]1C(N)=O.[Na+]. The van der Waals surface area contributed by atoms with Gasteiger partial charge in [-0.15, -0.1) is 0 Å². The van der Waals surface area contributed by atoms with Crippen molar-refractivity contribution in [1.29, 1.82) is 0 Å². The summed E-state index contributed by atoms with van der Waals surface area (Å²) in [6.07, 6.45) is 1.90. The molecule has 0 unspecified atom stereocenters. The maximum Gasteiger partial charge on any atom is 1.00 e. The molecule has 0 aromatic carbocycles. The molecule has 0 aromatic rings. The van der Waals surface area contributed by atoms with E-state index in [-0.39, 0.29) is 47.5 Å². The molecule has 2 bridgehead atoms. The summed E-state index contributed by atoms with van der Waals surface area (Å²) in [5.74, 6) is -0.271. The van der Waals surface area contributed by atoms with E-state index in [9.17, 15) is 9.59 Å². The van der Waals surface area contributed by atoms with Crippen LogP contribution in [-0.2, 0) is 4.79 Å². The van der Waals surface area contributed by atoms with Crippen molar-refractivity contribution in [1.82, 2.24) is 4.90 Å². The largest absolute Gasteiger partial charge is 1.00 e. The third-order valence-corrected chi connectivity index (χ3v) is 2.85. The quantitative estimate of drug-likeness (QED) is 0.425. The van der Waals surface area contributed by atoms with E-state index in [1.165, 1.54) is 4.90 Å². The van der Waals surface area contributed by atoms with Crippen LogP contribution in [0.2, 0.25) is 0 Å². The van der Waals surface area contributed by atoms with E-state index < -0.39 is 11.9 Å². The van der Waals surface area contributed by atoms with Crippen molar-refractivity contribution in [3.63, 3.8) is 0 Å². The Kier molecular flexibility index (Phi) is 4.04. The van der Waals surface area contributed by atoms with Crippen molar-refractivity contribution in [2.75, 3.05) is 6.54 Å². The van der Waals surface area contributed by atoms with Crippen molar-refractivity contribution in [2.24, 2.45) is 11.7 Å². The van der Waals surface area contributed by atoms with Gasteiger partial charge in [0.05, 0.1) is 6.04 Å². The number of carbonyl (C=O) groups excluding carboxylic acids is 2. The third-order valence-electron chi connectivity index (χ3n) is 2.85. The van der Waals surface area contributed by atoms with Crippen LogP contribution in [0.3, 0.4) is 0 Å². The number of rotatable bonds is 2. The van der Waals surface area contributed by atoms with Gasteiger partial charge in [0, 0.05) is 0 Å². The van der Waals surface area contributed by atoms with Gasteiger partial charge in [-0.05, 0) is 18.5 Å². The molecular weight excluding hydrogens is 217 g/mol. The van der Waals surface area contributed by atoms with Crippen molar-refractivity contribution >= 4 is 11.9 Å². The second-order valence-corrected chi connectivity index (χ2v) is 4.26. The van der Waals surface area contributed by atoms with Crippen LogP contribution in [0, 0.1) is 5.92 Å². The molecule has 82 valence electrons. The Hall–Kier alpha value is -0.520. The molecular formula is C10H14N3NaO2. The Labute approximate surface area is 117 Å². The number of carbonyl (C=O) groups is 2. The summed E-state index contributed by atoms with van der Waals surface area (Å²) in [4.78, 5) is 24.3. The van der Waals surface area contributed by atoms with Gasteiger partial charge < -0.3 is 16.0 Å². The summed E-state index contributed by atoms with van der Waals surface area (Å²) in [5.41, 5.74) is 6.24. The Balaban J connectivity index is 0.00000128. The van der Waals surface area contributed by atoms with Crippen LogP contribution < -0.4 is 35.3 Å². The van der Waals surface area contributed by atoms with Crippen molar-refractivity contribution in [3.8, 4) is 0 Å².